The Labute approximate surface area is 54.5 Å². The molecule has 0 aliphatic rings. The standard InChI is InChI=1S/C6H11NO2/c1-4-6(2,7)5(8)9-3/h4H,1,7H2,2-3H3/t6-/m1/s1. The lowest BCUT2D eigenvalue weighted by molar-refractivity contribution is -0.144. The third-order valence-corrected chi connectivity index (χ3v) is 1.05. The van der Waals surface area contributed by atoms with Gasteiger partial charge < -0.3 is 10.5 Å². The summed E-state index contributed by atoms with van der Waals surface area (Å²) in [6, 6.07) is 0. The molecule has 0 fully saturated rings. The van der Waals surface area contributed by atoms with Crippen LogP contribution in [0, 0.1) is 0 Å². The number of methoxy groups -OCH3 is 1. The average Bonchev–Trinajstić information content (AvgIpc) is 1.86. The first-order chi connectivity index (χ1) is 4.04. The maximum atomic E-state index is 10.6. The molecular formula is C6H11NO2. The second-order valence-corrected chi connectivity index (χ2v) is 1.98. The zero-order valence-corrected chi connectivity index (χ0v) is 5.68. The Morgan fingerprint density at radius 1 is 1.89 bits per heavy atom. The first-order valence-electron chi connectivity index (χ1n) is 2.55. The van der Waals surface area contributed by atoms with Crippen LogP contribution in [0.2, 0.25) is 0 Å². The van der Waals surface area contributed by atoms with Crippen molar-refractivity contribution in [1.82, 2.24) is 0 Å². The number of carbonyl (C=O) groups is 1. The zero-order chi connectivity index (χ0) is 7.49. The van der Waals surface area contributed by atoms with Crippen molar-refractivity contribution in [1.29, 1.82) is 0 Å². The minimum absolute atomic E-state index is 0.475. The molecular weight excluding hydrogens is 118 g/mol. The van der Waals surface area contributed by atoms with Crippen LogP contribution >= 0.6 is 0 Å². The van der Waals surface area contributed by atoms with E-state index in [-0.39, 0.29) is 0 Å². The van der Waals surface area contributed by atoms with E-state index in [0.29, 0.717) is 0 Å². The van der Waals surface area contributed by atoms with Crippen LogP contribution in [0.3, 0.4) is 0 Å². The number of rotatable bonds is 2. The molecule has 0 bridgehead atoms. The molecule has 0 spiro atoms. The fourth-order valence-electron chi connectivity index (χ4n) is 0.303. The van der Waals surface area contributed by atoms with Crippen LogP contribution in [0.15, 0.2) is 12.7 Å². The molecule has 0 rings (SSSR count). The molecule has 0 radical (unpaired) electrons. The van der Waals surface area contributed by atoms with E-state index in [9.17, 15) is 4.79 Å². The summed E-state index contributed by atoms with van der Waals surface area (Å²) < 4.78 is 4.37. The Morgan fingerprint density at radius 2 is 2.33 bits per heavy atom. The van der Waals surface area contributed by atoms with Crippen molar-refractivity contribution in [2.24, 2.45) is 5.73 Å². The Bertz CT molecular complexity index is 129. The minimum atomic E-state index is -1.05. The van der Waals surface area contributed by atoms with Crippen molar-refractivity contribution < 1.29 is 9.53 Å². The zero-order valence-electron chi connectivity index (χ0n) is 5.68. The van der Waals surface area contributed by atoms with Crippen molar-refractivity contribution >= 4 is 5.97 Å². The molecule has 3 heteroatoms. The number of carbonyl (C=O) groups excluding carboxylic acids is 1. The summed E-state index contributed by atoms with van der Waals surface area (Å²) in [6.45, 7) is 4.91. The second-order valence-electron chi connectivity index (χ2n) is 1.98. The van der Waals surface area contributed by atoms with Gasteiger partial charge in [-0.15, -0.1) is 6.58 Å². The largest absolute Gasteiger partial charge is 0.467 e. The summed E-state index contributed by atoms with van der Waals surface area (Å²) in [5.41, 5.74) is 4.33. The minimum Gasteiger partial charge on any atom is -0.467 e. The van der Waals surface area contributed by atoms with Gasteiger partial charge in [-0.1, -0.05) is 6.08 Å². The van der Waals surface area contributed by atoms with Crippen LogP contribution < -0.4 is 5.73 Å². The van der Waals surface area contributed by atoms with E-state index in [1.54, 1.807) is 0 Å². The van der Waals surface area contributed by atoms with E-state index in [1.165, 1.54) is 20.1 Å². The van der Waals surface area contributed by atoms with Crippen molar-refractivity contribution in [2.45, 2.75) is 12.5 Å². The highest BCUT2D eigenvalue weighted by Crippen LogP contribution is 2.00. The lowest BCUT2D eigenvalue weighted by Crippen LogP contribution is -2.43. The predicted molar refractivity (Wildman–Crippen MR) is 34.8 cm³/mol. The van der Waals surface area contributed by atoms with E-state index < -0.39 is 11.5 Å². The molecule has 0 aliphatic carbocycles. The lowest BCUT2D eigenvalue weighted by Gasteiger charge is -2.15. The van der Waals surface area contributed by atoms with Crippen LogP contribution in [-0.2, 0) is 9.53 Å². The Balaban J connectivity index is 4.14. The Morgan fingerprint density at radius 3 is 2.44 bits per heavy atom. The highest BCUT2D eigenvalue weighted by Gasteiger charge is 2.24. The van der Waals surface area contributed by atoms with E-state index in [1.807, 2.05) is 0 Å². The van der Waals surface area contributed by atoms with E-state index in [4.69, 9.17) is 5.73 Å². The molecule has 1 atom stereocenters. The lowest BCUT2D eigenvalue weighted by atomic mass is 10.1. The fourth-order valence-corrected chi connectivity index (χ4v) is 0.303. The van der Waals surface area contributed by atoms with Crippen molar-refractivity contribution in [2.75, 3.05) is 7.11 Å². The van der Waals surface area contributed by atoms with Gasteiger partial charge in [0.25, 0.3) is 0 Å². The van der Waals surface area contributed by atoms with Gasteiger partial charge in [-0.05, 0) is 6.92 Å². The summed E-state index contributed by atoms with van der Waals surface area (Å²) in [5.74, 6) is -0.475. The summed E-state index contributed by atoms with van der Waals surface area (Å²) in [5, 5.41) is 0. The quantitative estimate of drug-likeness (QED) is 0.424. The molecule has 0 unspecified atom stereocenters. The van der Waals surface area contributed by atoms with Gasteiger partial charge in [0.2, 0.25) is 0 Å². The molecule has 0 aromatic heterocycles. The van der Waals surface area contributed by atoms with Crippen molar-refractivity contribution in [3.05, 3.63) is 12.7 Å². The Hall–Kier alpha value is -0.830. The van der Waals surface area contributed by atoms with Crippen LogP contribution in [0.1, 0.15) is 6.92 Å². The maximum Gasteiger partial charge on any atom is 0.329 e. The van der Waals surface area contributed by atoms with E-state index >= 15 is 0 Å². The first kappa shape index (κ1) is 8.17. The van der Waals surface area contributed by atoms with Crippen LogP contribution in [0.25, 0.3) is 0 Å². The monoisotopic (exact) mass is 129 g/mol. The smallest absolute Gasteiger partial charge is 0.329 e. The summed E-state index contributed by atoms with van der Waals surface area (Å²) in [4.78, 5) is 10.6. The molecule has 0 heterocycles. The summed E-state index contributed by atoms with van der Waals surface area (Å²) in [7, 11) is 1.29. The van der Waals surface area contributed by atoms with Crippen molar-refractivity contribution in [3.63, 3.8) is 0 Å². The third kappa shape index (κ3) is 1.85. The normalized spacial score (nSPS) is 15.9. The summed E-state index contributed by atoms with van der Waals surface area (Å²) >= 11 is 0. The Kier molecular flexibility index (Phi) is 2.40. The summed E-state index contributed by atoms with van der Waals surface area (Å²) in [6.07, 6.45) is 1.35. The highest BCUT2D eigenvalue weighted by molar-refractivity contribution is 5.82. The fraction of sp³-hybridized carbons (Fsp3) is 0.500. The number of ether oxygens (including phenoxy) is 1. The second kappa shape index (κ2) is 2.64. The van der Waals surface area contributed by atoms with Gasteiger partial charge in [0.1, 0.15) is 5.54 Å². The number of esters is 1. The van der Waals surface area contributed by atoms with Gasteiger partial charge in [0, 0.05) is 0 Å². The van der Waals surface area contributed by atoms with E-state index in [0.717, 1.165) is 0 Å². The average molecular weight is 129 g/mol. The number of nitrogens with two attached hydrogens (primary N) is 1. The molecule has 2 N–H and O–H groups in total. The van der Waals surface area contributed by atoms with Gasteiger partial charge in [-0.2, -0.15) is 0 Å². The SMILES string of the molecule is C=C[C@@](C)(N)C(=O)OC. The third-order valence-electron chi connectivity index (χ3n) is 1.05. The van der Waals surface area contributed by atoms with Gasteiger partial charge >= 0.3 is 5.97 Å². The molecule has 0 aromatic rings. The van der Waals surface area contributed by atoms with Gasteiger partial charge in [0.15, 0.2) is 0 Å². The molecule has 9 heavy (non-hydrogen) atoms. The first-order valence-corrected chi connectivity index (χ1v) is 2.55. The van der Waals surface area contributed by atoms with Crippen molar-refractivity contribution in [3.8, 4) is 0 Å². The van der Waals surface area contributed by atoms with Gasteiger partial charge in [-0.25, -0.2) is 4.79 Å². The molecule has 0 saturated heterocycles. The van der Waals surface area contributed by atoms with Gasteiger partial charge in [-0.3, -0.25) is 0 Å². The van der Waals surface area contributed by atoms with E-state index in [2.05, 4.69) is 11.3 Å². The molecule has 0 amide bonds. The predicted octanol–water partition coefficient (Wildman–Crippen LogP) is 0.0628. The van der Waals surface area contributed by atoms with Gasteiger partial charge in [0.05, 0.1) is 7.11 Å². The maximum absolute atomic E-state index is 10.6. The molecule has 0 saturated carbocycles. The van der Waals surface area contributed by atoms with Crippen LogP contribution in [0.4, 0.5) is 0 Å². The molecule has 0 aliphatic heterocycles. The highest BCUT2D eigenvalue weighted by atomic mass is 16.5. The van der Waals surface area contributed by atoms with Crippen LogP contribution in [-0.4, -0.2) is 18.6 Å². The number of hydrogen-bond acceptors (Lipinski definition) is 3. The molecule has 0 aromatic carbocycles. The topological polar surface area (TPSA) is 52.3 Å². The molecule has 52 valence electrons. The number of hydrogen-bond donors (Lipinski definition) is 1. The molecule has 3 nitrogen and oxygen atoms in total. The van der Waals surface area contributed by atoms with Crippen LogP contribution in [0.5, 0.6) is 0 Å².